The van der Waals surface area contributed by atoms with Gasteiger partial charge in [0.1, 0.15) is 6.10 Å². The van der Waals surface area contributed by atoms with Gasteiger partial charge in [0.15, 0.2) is 0 Å². The zero-order valence-corrected chi connectivity index (χ0v) is 9.86. The highest BCUT2D eigenvalue weighted by molar-refractivity contribution is 5.35. The molecule has 0 aliphatic heterocycles. The minimum atomic E-state index is -0.786. The van der Waals surface area contributed by atoms with Crippen molar-refractivity contribution >= 4 is 0 Å². The van der Waals surface area contributed by atoms with Crippen LogP contribution in [0.2, 0.25) is 0 Å². The van der Waals surface area contributed by atoms with Crippen molar-refractivity contribution < 1.29 is 10.2 Å². The Morgan fingerprint density at radius 3 is 1.87 bits per heavy atom. The molecule has 0 aliphatic rings. The molecule has 2 nitrogen and oxygen atoms in total. The van der Waals surface area contributed by atoms with Crippen LogP contribution in [0.4, 0.5) is 0 Å². The molecule has 0 fully saturated rings. The SMILES string of the molecule is Cc1cccc(C)c1C(O)C(O)C(C)C. The topological polar surface area (TPSA) is 40.5 Å². The largest absolute Gasteiger partial charge is 0.390 e. The molecule has 1 aromatic carbocycles. The van der Waals surface area contributed by atoms with Gasteiger partial charge in [-0.3, -0.25) is 0 Å². The summed E-state index contributed by atoms with van der Waals surface area (Å²) in [6.45, 7) is 7.72. The van der Waals surface area contributed by atoms with Gasteiger partial charge in [0.25, 0.3) is 0 Å². The predicted octanol–water partition coefficient (Wildman–Crippen LogP) is 2.35. The Hall–Kier alpha value is -0.860. The first kappa shape index (κ1) is 12.2. The van der Waals surface area contributed by atoms with Crippen molar-refractivity contribution in [2.45, 2.75) is 39.9 Å². The molecule has 0 radical (unpaired) electrons. The summed E-state index contributed by atoms with van der Waals surface area (Å²) in [4.78, 5) is 0. The Morgan fingerprint density at radius 2 is 1.47 bits per heavy atom. The van der Waals surface area contributed by atoms with Crippen molar-refractivity contribution in [2.24, 2.45) is 5.92 Å². The zero-order chi connectivity index (χ0) is 11.6. The highest BCUT2D eigenvalue weighted by Gasteiger charge is 2.23. The molecule has 0 saturated heterocycles. The summed E-state index contributed by atoms with van der Waals surface area (Å²) >= 11 is 0. The number of aliphatic hydroxyl groups is 2. The number of hydrogen-bond acceptors (Lipinski definition) is 2. The monoisotopic (exact) mass is 208 g/mol. The highest BCUT2D eigenvalue weighted by atomic mass is 16.3. The fraction of sp³-hybridized carbons (Fsp3) is 0.538. The smallest absolute Gasteiger partial charge is 0.106 e. The molecular formula is C13H20O2. The van der Waals surface area contributed by atoms with Crippen LogP contribution < -0.4 is 0 Å². The van der Waals surface area contributed by atoms with Crippen molar-refractivity contribution in [3.63, 3.8) is 0 Å². The highest BCUT2D eigenvalue weighted by Crippen LogP contribution is 2.27. The van der Waals surface area contributed by atoms with Gasteiger partial charge in [-0.15, -0.1) is 0 Å². The van der Waals surface area contributed by atoms with E-state index in [4.69, 9.17) is 0 Å². The summed E-state index contributed by atoms with van der Waals surface area (Å²) in [5.41, 5.74) is 2.92. The number of hydrogen-bond donors (Lipinski definition) is 2. The maximum absolute atomic E-state index is 10.1. The van der Waals surface area contributed by atoms with Crippen LogP contribution >= 0.6 is 0 Å². The molecule has 0 aromatic heterocycles. The lowest BCUT2D eigenvalue weighted by molar-refractivity contribution is -0.0100. The summed E-state index contributed by atoms with van der Waals surface area (Å²) in [5, 5.41) is 19.9. The fourth-order valence-electron chi connectivity index (χ4n) is 1.83. The van der Waals surface area contributed by atoms with Gasteiger partial charge in [-0.1, -0.05) is 32.0 Å². The first-order valence-electron chi connectivity index (χ1n) is 5.37. The number of rotatable bonds is 3. The van der Waals surface area contributed by atoms with Gasteiger partial charge >= 0.3 is 0 Å². The van der Waals surface area contributed by atoms with E-state index >= 15 is 0 Å². The van der Waals surface area contributed by atoms with Crippen molar-refractivity contribution in [3.8, 4) is 0 Å². The number of aryl methyl sites for hydroxylation is 2. The molecule has 0 aliphatic carbocycles. The second-order valence-corrected chi connectivity index (χ2v) is 4.48. The van der Waals surface area contributed by atoms with E-state index < -0.39 is 12.2 Å². The molecule has 2 N–H and O–H groups in total. The summed E-state index contributed by atoms with van der Waals surface area (Å²) in [6.07, 6.45) is -1.49. The molecule has 15 heavy (non-hydrogen) atoms. The molecule has 0 heterocycles. The molecule has 0 saturated carbocycles. The molecule has 2 heteroatoms. The van der Waals surface area contributed by atoms with Crippen LogP contribution in [-0.2, 0) is 0 Å². The van der Waals surface area contributed by atoms with Gasteiger partial charge in [-0.2, -0.15) is 0 Å². The van der Waals surface area contributed by atoms with Crippen LogP contribution in [0.3, 0.4) is 0 Å². The first-order chi connectivity index (χ1) is 6.95. The molecule has 1 rings (SSSR count). The van der Waals surface area contributed by atoms with E-state index in [0.29, 0.717) is 0 Å². The Morgan fingerprint density at radius 1 is 1.00 bits per heavy atom. The van der Waals surface area contributed by atoms with Crippen molar-refractivity contribution in [1.82, 2.24) is 0 Å². The minimum Gasteiger partial charge on any atom is -0.390 e. The van der Waals surface area contributed by atoms with Gasteiger partial charge in [-0.05, 0) is 36.5 Å². The second kappa shape index (κ2) is 4.77. The Kier molecular flexibility index (Phi) is 3.89. The maximum Gasteiger partial charge on any atom is 0.106 e. The van der Waals surface area contributed by atoms with Crippen LogP contribution in [0.25, 0.3) is 0 Å². The van der Waals surface area contributed by atoms with E-state index in [1.165, 1.54) is 0 Å². The van der Waals surface area contributed by atoms with Crippen molar-refractivity contribution in [2.75, 3.05) is 0 Å². The van der Waals surface area contributed by atoms with E-state index in [1.54, 1.807) is 0 Å². The Bertz CT molecular complexity index is 311. The van der Waals surface area contributed by atoms with Crippen LogP contribution in [0.15, 0.2) is 18.2 Å². The second-order valence-electron chi connectivity index (χ2n) is 4.48. The molecule has 0 amide bonds. The lowest BCUT2D eigenvalue weighted by Gasteiger charge is -2.24. The van der Waals surface area contributed by atoms with Gasteiger partial charge in [0.05, 0.1) is 6.10 Å². The fourth-order valence-corrected chi connectivity index (χ4v) is 1.83. The summed E-state index contributed by atoms with van der Waals surface area (Å²) in [6, 6.07) is 5.87. The lowest BCUT2D eigenvalue weighted by atomic mass is 9.90. The van der Waals surface area contributed by atoms with Crippen molar-refractivity contribution in [1.29, 1.82) is 0 Å². The van der Waals surface area contributed by atoms with Crippen LogP contribution in [0, 0.1) is 19.8 Å². The minimum absolute atomic E-state index is 0.0546. The molecule has 0 spiro atoms. The normalized spacial score (nSPS) is 15.4. The quantitative estimate of drug-likeness (QED) is 0.800. The van der Waals surface area contributed by atoms with Crippen LogP contribution in [0.1, 0.15) is 36.6 Å². The lowest BCUT2D eigenvalue weighted by Crippen LogP contribution is -2.25. The average Bonchev–Trinajstić information content (AvgIpc) is 2.15. The Balaban J connectivity index is 3.05. The average molecular weight is 208 g/mol. The molecule has 2 unspecified atom stereocenters. The van der Waals surface area contributed by atoms with Crippen LogP contribution in [-0.4, -0.2) is 16.3 Å². The predicted molar refractivity (Wildman–Crippen MR) is 61.7 cm³/mol. The zero-order valence-electron chi connectivity index (χ0n) is 9.86. The molecular weight excluding hydrogens is 188 g/mol. The molecule has 1 aromatic rings. The Labute approximate surface area is 91.6 Å². The third kappa shape index (κ3) is 2.58. The van der Waals surface area contributed by atoms with E-state index in [9.17, 15) is 10.2 Å². The van der Waals surface area contributed by atoms with Gasteiger partial charge in [0.2, 0.25) is 0 Å². The number of benzene rings is 1. The maximum atomic E-state index is 10.1. The third-order valence-corrected chi connectivity index (χ3v) is 2.84. The summed E-state index contributed by atoms with van der Waals surface area (Å²) in [7, 11) is 0. The van der Waals surface area contributed by atoms with Crippen molar-refractivity contribution in [3.05, 3.63) is 34.9 Å². The summed E-state index contributed by atoms with van der Waals surface area (Å²) < 4.78 is 0. The first-order valence-corrected chi connectivity index (χ1v) is 5.37. The number of aliphatic hydroxyl groups excluding tert-OH is 2. The van der Waals surface area contributed by atoms with Gasteiger partial charge < -0.3 is 10.2 Å². The molecule has 84 valence electrons. The van der Waals surface area contributed by atoms with Gasteiger partial charge in [0, 0.05) is 0 Å². The van der Waals surface area contributed by atoms with E-state index in [-0.39, 0.29) is 5.92 Å². The third-order valence-electron chi connectivity index (χ3n) is 2.84. The molecule has 2 atom stereocenters. The standard InChI is InChI=1S/C13H20O2/c1-8(2)12(14)13(15)11-9(3)6-5-7-10(11)4/h5-8,12-15H,1-4H3. The van der Waals surface area contributed by atoms with E-state index in [2.05, 4.69) is 0 Å². The van der Waals surface area contributed by atoms with E-state index in [1.807, 2.05) is 45.9 Å². The van der Waals surface area contributed by atoms with Crippen LogP contribution in [0.5, 0.6) is 0 Å². The summed E-state index contributed by atoms with van der Waals surface area (Å²) in [5.74, 6) is 0.0546. The van der Waals surface area contributed by atoms with E-state index in [0.717, 1.165) is 16.7 Å². The molecule has 0 bridgehead atoms. The van der Waals surface area contributed by atoms with Gasteiger partial charge in [-0.25, -0.2) is 0 Å².